The maximum atomic E-state index is 11.8. The van der Waals surface area contributed by atoms with Gasteiger partial charge in [0.25, 0.3) is 0 Å². The maximum absolute atomic E-state index is 11.8. The molecule has 20 heavy (non-hydrogen) atoms. The first-order chi connectivity index (χ1) is 9.25. The van der Waals surface area contributed by atoms with Gasteiger partial charge >= 0.3 is 0 Å². The molecular weight excluding hydrogens is 344 g/mol. The molecule has 1 atom stereocenters. The fourth-order valence-corrected chi connectivity index (χ4v) is 2.49. The predicted octanol–water partition coefficient (Wildman–Crippen LogP) is 2.51. The van der Waals surface area contributed by atoms with Crippen molar-refractivity contribution in [2.45, 2.75) is 25.3 Å². The molecule has 1 amide bonds. The molecule has 2 N–H and O–H groups in total. The Morgan fingerprint density at radius 1 is 1.45 bits per heavy atom. The number of rotatable bonds is 5. The van der Waals surface area contributed by atoms with E-state index in [2.05, 4.69) is 26.6 Å². The van der Waals surface area contributed by atoms with Crippen LogP contribution in [0.3, 0.4) is 0 Å². The highest BCUT2D eigenvalue weighted by Gasteiger charge is 2.15. The van der Waals surface area contributed by atoms with Crippen molar-refractivity contribution >= 4 is 34.2 Å². The summed E-state index contributed by atoms with van der Waals surface area (Å²) >= 11 is 3.41. The Morgan fingerprint density at radius 2 is 2.25 bits per heavy atom. The number of hydrogen-bond donors (Lipinski definition) is 2. The number of hydrogen-bond acceptors (Lipinski definition) is 3. The van der Waals surface area contributed by atoms with Crippen LogP contribution in [0.4, 0.5) is 0 Å². The number of benzene rings is 1. The molecule has 0 spiro atoms. The molecule has 1 heterocycles. The van der Waals surface area contributed by atoms with Crippen molar-refractivity contribution in [2.24, 2.45) is 0 Å². The molecule has 112 valence electrons. The molecular formula is C14H20BrClN2O2. The molecule has 1 fully saturated rings. The molecule has 0 radical (unpaired) electrons. The van der Waals surface area contributed by atoms with E-state index >= 15 is 0 Å². The number of ether oxygens (including phenoxy) is 1. The van der Waals surface area contributed by atoms with Crippen LogP contribution in [0.15, 0.2) is 28.7 Å². The van der Waals surface area contributed by atoms with Crippen molar-refractivity contribution in [3.63, 3.8) is 0 Å². The van der Waals surface area contributed by atoms with Gasteiger partial charge in [0, 0.05) is 12.6 Å². The maximum Gasteiger partial charge on any atom is 0.223 e. The van der Waals surface area contributed by atoms with Crippen LogP contribution in [-0.4, -0.2) is 31.6 Å². The van der Waals surface area contributed by atoms with Crippen molar-refractivity contribution in [3.05, 3.63) is 28.7 Å². The SMILES string of the molecule is Cl.O=C(CCOc1ccccc1Br)NC1CCCNC1. The van der Waals surface area contributed by atoms with Gasteiger partial charge in [-0.15, -0.1) is 12.4 Å². The summed E-state index contributed by atoms with van der Waals surface area (Å²) in [4.78, 5) is 11.8. The van der Waals surface area contributed by atoms with Gasteiger partial charge in [0.2, 0.25) is 5.91 Å². The molecule has 1 aromatic carbocycles. The summed E-state index contributed by atoms with van der Waals surface area (Å²) in [6.07, 6.45) is 2.57. The van der Waals surface area contributed by atoms with E-state index in [-0.39, 0.29) is 24.4 Å². The monoisotopic (exact) mass is 362 g/mol. The number of amides is 1. The first-order valence-corrected chi connectivity index (χ1v) is 7.42. The summed E-state index contributed by atoms with van der Waals surface area (Å²) < 4.78 is 6.48. The Bertz CT molecular complexity index is 425. The average molecular weight is 364 g/mol. The largest absolute Gasteiger partial charge is 0.492 e. The molecule has 1 unspecified atom stereocenters. The number of nitrogens with one attached hydrogen (secondary N) is 2. The highest BCUT2D eigenvalue weighted by molar-refractivity contribution is 9.10. The normalized spacial score (nSPS) is 17.9. The predicted molar refractivity (Wildman–Crippen MR) is 85.5 cm³/mol. The van der Waals surface area contributed by atoms with Crippen LogP contribution in [-0.2, 0) is 4.79 Å². The Morgan fingerprint density at radius 3 is 2.95 bits per heavy atom. The summed E-state index contributed by atoms with van der Waals surface area (Å²) in [6, 6.07) is 7.91. The van der Waals surface area contributed by atoms with Gasteiger partial charge in [0.1, 0.15) is 5.75 Å². The zero-order valence-corrected chi connectivity index (χ0v) is 13.6. The van der Waals surface area contributed by atoms with Crippen LogP contribution < -0.4 is 15.4 Å². The van der Waals surface area contributed by atoms with Gasteiger partial charge in [-0.05, 0) is 47.4 Å². The zero-order valence-electron chi connectivity index (χ0n) is 11.2. The standard InChI is InChI=1S/C14H19BrN2O2.ClH/c15-12-5-1-2-6-13(12)19-9-7-14(18)17-11-4-3-8-16-10-11;/h1-2,5-6,11,16H,3-4,7-10H2,(H,17,18);1H. The third-order valence-corrected chi connectivity index (χ3v) is 3.74. The fraction of sp³-hybridized carbons (Fsp3) is 0.500. The molecule has 1 aliphatic heterocycles. The van der Waals surface area contributed by atoms with E-state index in [1.165, 1.54) is 0 Å². The minimum atomic E-state index is 0. The van der Waals surface area contributed by atoms with Crippen LogP contribution in [0.5, 0.6) is 5.75 Å². The first-order valence-electron chi connectivity index (χ1n) is 6.63. The van der Waals surface area contributed by atoms with E-state index in [9.17, 15) is 4.79 Å². The number of carbonyl (C=O) groups excluding carboxylic acids is 1. The summed E-state index contributed by atoms with van der Waals surface area (Å²) in [7, 11) is 0. The lowest BCUT2D eigenvalue weighted by Crippen LogP contribution is -2.45. The summed E-state index contributed by atoms with van der Waals surface area (Å²) in [5.74, 6) is 0.829. The molecule has 4 nitrogen and oxygen atoms in total. The molecule has 0 bridgehead atoms. The minimum Gasteiger partial charge on any atom is -0.492 e. The first kappa shape index (κ1) is 17.3. The van der Waals surface area contributed by atoms with Gasteiger partial charge in [0.05, 0.1) is 17.5 Å². The van der Waals surface area contributed by atoms with Gasteiger partial charge in [-0.3, -0.25) is 4.79 Å². The molecule has 1 aromatic rings. The molecule has 0 saturated carbocycles. The zero-order chi connectivity index (χ0) is 13.5. The highest BCUT2D eigenvalue weighted by atomic mass is 79.9. The lowest BCUT2D eigenvalue weighted by Gasteiger charge is -2.23. The van der Waals surface area contributed by atoms with E-state index in [4.69, 9.17) is 4.74 Å². The molecule has 2 rings (SSSR count). The third-order valence-electron chi connectivity index (χ3n) is 3.09. The number of piperidine rings is 1. The van der Waals surface area contributed by atoms with E-state index in [1.807, 2.05) is 24.3 Å². The van der Waals surface area contributed by atoms with Gasteiger partial charge in [-0.1, -0.05) is 12.1 Å². The van der Waals surface area contributed by atoms with Crippen LogP contribution in [0, 0.1) is 0 Å². The second kappa shape index (κ2) is 9.21. The van der Waals surface area contributed by atoms with Crippen molar-refractivity contribution in [1.29, 1.82) is 0 Å². The quantitative estimate of drug-likeness (QED) is 0.845. The van der Waals surface area contributed by atoms with E-state index in [0.29, 0.717) is 13.0 Å². The lowest BCUT2D eigenvalue weighted by molar-refractivity contribution is -0.122. The Labute approximate surface area is 134 Å². The van der Waals surface area contributed by atoms with Gasteiger partial charge in [-0.2, -0.15) is 0 Å². The van der Waals surface area contributed by atoms with Crippen LogP contribution >= 0.6 is 28.3 Å². The topological polar surface area (TPSA) is 50.4 Å². The molecule has 0 aliphatic carbocycles. The molecule has 0 aromatic heterocycles. The van der Waals surface area contributed by atoms with E-state index in [1.54, 1.807) is 0 Å². The van der Waals surface area contributed by atoms with Crippen molar-refractivity contribution < 1.29 is 9.53 Å². The Balaban J connectivity index is 0.00000200. The molecule has 1 aliphatic rings. The summed E-state index contributed by atoms with van der Waals surface area (Å²) in [5.41, 5.74) is 0. The Kier molecular flexibility index (Phi) is 7.95. The van der Waals surface area contributed by atoms with Gasteiger partial charge in [0.15, 0.2) is 0 Å². The summed E-state index contributed by atoms with van der Waals surface area (Å²) in [6.45, 7) is 2.32. The highest BCUT2D eigenvalue weighted by Crippen LogP contribution is 2.23. The van der Waals surface area contributed by atoms with Crippen molar-refractivity contribution in [2.75, 3.05) is 19.7 Å². The fourth-order valence-electron chi connectivity index (χ4n) is 2.09. The van der Waals surface area contributed by atoms with Gasteiger partial charge in [-0.25, -0.2) is 0 Å². The smallest absolute Gasteiger partial charge is 0.223 e. The number of para-hydroxylation sites is 1. The lowest BCUT2D eigenvalue weighted by atomic mass is 10.1. The van der Waals surface area contributed by atoms with Crippen molar-refractivity contribution in [3.8, 4) is 5.75 Å². The second-order valence-corrected chi connectivity index (χ2v) is 5.49. The average Bonchev–Trinajstić information content (AvgIpc) is 2.42. The van der Waals surface area contributed by atoms with Gasteiger partial charge < -0.3 is 15.4 Å². The van der Waals surface area contributed by atoms with Crippen LogP contribution in [0.2, 0.25) is 0 Å². The minimum absolute atomic E-state index is 0. The second-order valence-electron chi connectivity index (χ2n) is 4.64. The van der Waals surface area contributed by atoms with Crippen molar-refractivity contribution in [1.82, 2.24) is 10.6 Å². The van der Waals surface area contributed by atoms with Crippen LogP contribution in [0.25, 0.3) is 0 Å². The molecule has 6 heteroatoms. The van der Waals surface area contributed by atoms with Crippen LogP contribution in [0.1, 0.15) is 19.3 Å². The van der Waals surface area contributed by atoms with E-state index in [0.717, 1.165) is 36.2 Å². The number of carbonyl (C=O) groups is 1. The molecule has 1 saturated heterocycles. The number of halogens is 2. The third kappa shape index (κ3) is 5.69. The Hall–Kier alpha value is -0.780. The van der Waals surface area contributed by atoms with E-state index < -0.39 is 0 Å². The summed E-state index contributed by atoms with van der Waals surface area (Å²) in [5, 5.41) is 6.30.